The summed E-state index contributed by atoms with van der Waals surface area (Å²) in [5.41, 5.74) is 2.69. The van der Waals surface area contributed by atoms with Crippen molar-refractivity contribution in [3.05, 3.63) is 29.8 Å². The van der Waals surface area contributed by atoms with Crippen LogP contribution in [-0.4, -0.2) is 31.8 Å². The summed E-state index contributed by atoms with van der Waals surface area (Å²) < 4.78 is 5.89. The summed E-state index contributed by atoms with van der Waals surface area (Å²) in [6.07, 6.45) is 4.36. The van der Waals surface area contributed by atoms with Gasteiger partial charge in [0.2, 0.25) is 0 Å². The Kier molecular flexibility index (Phi) is 4.81. The first-order valence-corrected chi connectivity index (χ1v) is 8.50. The molecule has 0 aromatic heterocycles. The molecule has 1 aromatic rings. The Balaban J connectivity index is 1.53. The fourth-order valence-electron chi connectivity index (χ4n) is 3.38. The van der Waals surface area contributed by atoms with Crippen molar-refractivity contribution in [1.82, 2.24) is 5.32 Å². The lowest BCUT2D eigenvalue weighted by Gasteiger charge is -2.22. The standard InChI is InChI=1S/C18H28N2O/c1-3-20(4-2)16-9-5-14(6-10-16)13-19-17-11-12-21-18(17)15-7-8-15/h5-6,9-10,15,17-19H,3-4,7-8,11-13H2,1-2H3. The van der Waals surface area contributed by atoms with E-state index in [1.54, 1.807) is 0 Å². The van der Waals surface area contributed by atoms with Gasteiger partial charge in [-0.05, 0) is 56.7 Å². The van der Waals surface area contributed by atoms with E-state index in [0.717, 1.165) is 32.2 Å². The van der Waals surface area contributed by atoms with Gasteiger partial charge in [0.25, 0.3) is 0 Å². The molecule has 2 unspecified atom stereocenters. The first kappa shape index (κ1) is 14.9. The highest BCUT2D eigenvalue weighted by Gasteiger charge is 2.40. The van der Waals surface area contributed by atoms with Gasteiger partial charge in [-0.1, -0.05) is 12.1 Å². The SMILES string of the molecule is CCN(CC)c1ccc(CNC2CCOC2C2CC2)cc1. The molecule has 0 bridgehead atoms. The van der Waals surface area contributed by atoms with Crippen LogP contribution < -0.4 is 10.2 Å². The van der Waals surface area contributed by atoms with Crippen LogP contribution in [0, 0.1) is 5.92 Å². The maximum absolute atomic E-state index is 5.89. The van der Waals surface area contributed by atoms with E-state index in [4.69, 9.17) is 4.74 Å². The largest absolute Gasteiger partial charge is 0.376 e. The first-order valence-electron chi connectivity index (χ1n) is 8.50. The third-order valence-electron chi connectivity index (χ3n) is 4.86. The molecule has 116 valence electrons. The van der Waals surface area contributed by atoms with Gasteiger partial charge in [-0.15, -0.1) is 0 Å². The van der Waals surface area contributed by atoms with Crippen LogP contribution >= 0.6 is 0 Å². The minimum atomic E-state index is 0.472. The van der Waals surface area contributed by atoms with Crippen LogP contribution in [0.25, 0.3) is 0 Å². The maximum Gasteiger partial charge on any atom is 0.0757 e. The van der Waals surface area contributed by atoms with E-state index < -0.39 is 0 Å². The lowest BCUT2D eigenvalue weighted by Crippen LogP contribution is -2.37. The smallest absolute Gasteiger partial charge is 0.0757 e. The number of nitrogens with one attached hydrogen (secondary N) is 1. The number of ether oxygens (including phenoxy) is 1. The van der Waals surface area contributed by atoms with Gasteiger partial charge in [0, 0.05) is 38.0 Å². The number of benzene rings is 1. The molecule has 21 heavy (non-hydrogen) atoms. The van der Waals surface area contributed by atoms with Crippen LogP contribution in [0.5, 0.6) is 0 Å². The van der Waals surface area contributed by atoms with Gasteiger partial charge in [-0.25, -0.2) is 0 Å². The summed E-state index contributed by atoms with van der Waals surface area (Å²) in [4.78, 5) is 2.38. The molecule has 1 heterocycles. The number of rotatable bonds is 7. The third kappa shape index (κ3) is 3.58. The molecule has 1 saturated heterocycles. The minimum absolute atomic E-state index is 0.472. The second-order valence-electron chi connectivity index (χ2n) is 6.29. The monoisotopic (exact) mass is 288 g/mol. The van der Waals surface area contributed by atoms with Crippen molar-refractivity contribution < 1.29 is 4.74 Å². The molecule has 1 saturated carbocycles. The Morgan fingerprint density at radius 1 is 1.10 bits per heavy atom. The van der Waals surface area contributed by atoms with Gasteiger partial charge >= 0.3 is 0 Å². The van der Waals surface area contributed by atoms with E-state index in [1.807, 2.05) is 0 Å². The Labute approximate surface area is 128 Å². The molecule has 2 atom stereocenters. The predicted molar refractivity (Wildman–Crippen MR) is 87.7 cm³/mol. The summed E-state index contributed by atoms with van der Waals surface area (Å²) in [6.45, 7) is 8.43. The Bertz CT molecular complexity index is 437. The Morgan fingerprint density at radius 3 is 2.43 bits per heavy atom. The molecule has 3 nitrogen and oxygen atoms in total. The molecular weight excluding hydrogens is 260 g/mol. The quantitative estimate of drug-likeness (QED) is 0.834. The third-order valence-corrected chi connectivity index (χ3v) is 4.86. The van der Waals surface area contributed by atoms with Gasteiger partial charge in [0.1, 0.15) is 0 Å². The zero-order chi connectivity index (χ0) is 14.7. The number of hydrogen-bond acceptors (Lipinski definition) is 3. The van der Waals surface area contributed by atoms with Crippen LogP contribution in [0.4, 0.5) is 5.69 Å². The van der Waals surface area contributed by atoms with Gasteiger partial charge in [0.15, 0.2) is 0 Å². The van der Waals surface area contributed by atoms with E-state index >= 15 is 0 Å². The second-order valence-corrected chi connectivity index (χ2v) is 6.29. The lowest BCUT2D eigenvalue weighted by atomic mass is 10.1. The summed E-state index contributed by atoms with van der Waals surface area (Å²) in [5.74, 6) is 0.829. The highest BCUT2D eigenvalue weighted by Crippen LogP contribution is 2.38. The van der Waals surface area contributed by atoms with Crippen molar-refractivity contribution >= 4 is 5.69 Å². The van der Waals surface area contributed by atoms with Crippen LogP contribution in [-0.2, 0) is 11.3 Å². The molecule has 0 amide bonds. The minimum Gasteiger partial charge on any atom is -0.376 e. The fourth-order valence-corrected chi connectivity index (χ4v) is 3.38. The molecule has 2 fully saturated rings. The highest BCUT2D eigenvalue weighted by molar-refractivity contribution is 5.47. The molecule has 3 heteroatoms. The number of nitrogens with zero attached hydrogens (tertiary/aromatic N) is 1. The van der Waals surface area contributed by atoms with Crippen LogP contribution in [0.3, 0.4) is 0 Å². The zero-order valence-corrected chi connectivity index (χ0v) is 13.3. The zero-order valence-electron chi connectivity index (χ0n) is 13.3. The molecule has 0 spiro atoms. The Hall–Kier alpha value is -1.06. The van der Waals surface area contributed by atoms with Crippen LogP contribution in [0.15, 0.2) is 24.3 Å². The van der Waals surface area contributed by atoms with Gasteiger partial charge in [-0.2, -0.15) is 0 Å². The van der Waals surface area contributed by atoms with E-state index in [9.17, 15) is 0 Å². The summed E-state index contributed by atoms with van der Waals surface area (Å²) >= 11 is 0. The number of anilines is 1. The summed E-state index contributed by atoms with van der Waals surface area (Å²) in [6, 6.07) is 9.55. The average Bonchev–Trinajstić information content (AvgIpc) is 3.26. The van der Waals surface area contributed by atoms with Crippen molar-refractivity contribution in [1.29, 1.82) is 0 Å². The molecule has 0 radical (unpaired) electrons. The molecule has 2 aliphatic rings. The maximum atomic E-state index is 5.89. The van der Waals surface area contributed by atoms with E-state index in [-0.39, 0.29) is 0 Å². The second kappa shape index (κ2) is 6.80. The Morgan fingerprint density at radius 2 is 1.81 bits per heavy atom. The highest BCUT2D eigenvalue weighted by atomic mass is 16.5. The first-order chi connectivity index (χ1) is 10.3. The molecule has 1 aromatic carbocycles. The van der Waals surface area contributed by atoms with Gasteiger partial charge in [-0.3, -0.25) is 0 Å². The van der Waals surface area contributed by atoms with Crippen molar-refractivity contribution in [2.24, 2.45) is 5.92 Å². The molecule has 1 aliphatic heterocycles. The van der Waals surface area contributed by atoms with Crippen molar-refractivity contribution in [3.8, 4) is 0 Å². The molecule has 1 N–H and O–H groups in total. The van der Waals surface area contributed by atoms with E-state index in [2.05, 4.69) is 48.3 Å². The summed E-state index contributed by atoms with van der Waals surface area (Å²) in [5, 5.41) is 3.71. The molecule has 1 aliphatic carbocycles. The van der Waals surface area contributed by atoms with Crippen molar-refractivity contribution in [2.45, 2.75) is 51.8 Å². The van der Waals surface area contributed by atoms with Crippen LogP contribution in [0.2, 0.25) is 0 Å². The summed E-state index contributed by atoms with van der Waals surface area (Å²) in [7, 11) is 0. The van der Waals surface area contributed by atoms with Crippen LogP contribution in [0.1, 0.15) is 38.7 Å². The van der Waals surface area contributed by atoms with Crippen molar-refractivity contribution in [3.63, 3.8) is 0 Å². The molecule has 3 rings (SSSR count). The van der Waals surface area contributed by atoms with Crippen molar-refractivity contribution in [2.75, 3.05) is 24.6 Å². The number of hydrogen-bond donors (Lipinski definition) is 1. The average molecular weight is 288 g/mol. The fraction of sp³-hybridized carbons (Fsp3) is 0.667. The normalized spacial score (nSPS) is 25.2. The molecular formula is C18H28N2O. The predicted octanol–water partition coefficient (Wildman–Crippen LogP) is 3.19. The van der Waals surface area contributed by atoms with Gasteiger partial charge < -0.3 is 15.0 Å². The lowest BCUT2D eigenvalue weighted by molar-refractivity contribution is 0.0809. The van der Waals surface area contributed by atoms with Gasteiger partial charge in [0.05, 0.1) is 6.10 Å². The van der Waals surface area contributed by atoms with E-state index in [1.165, 1.54) is 30.5 Å². The van der Waals surface area contributed by atoms with E-state index in [0.29, 0.717) is 12.1 Å². The topological polar surface area (TPSA) is 24.5 Å².